The number of fused-ring (bicyclic) bond motifs is 5. The van der Waals surface area contributed by atoms with E-state index in [9.17, 15) is 0 Å². The molecule has 5 heteroatoms. The van der Waals surface area contributed by atoms with Crippen molar-refractivity contribution in [2.75, 3.05) is 32.5 Å². The van der Waals surface area contributed by atoms with Crippen molar-refractivity contribution in [1.82, 2.24) is 9.88 Å². The summed E-state index contributed by atoms with van der Waals surface area (Å²) in [6.07, 6.45) is 0.799. The van der Waals surface area contributed by atoms with E-state index < -0.39 is 0 Å². The van der Waals surface area contributed by atoms with Gasteiger partial charge >= 0.3 is 0 Å². The summed E-state index contributed by atoms with van der Waals surface area (Å²) in [5.74, 6) is 1.02. The maximum atomic E-state index is 4.83. The van der Waals surface area contributed by atoms with Crippen LogP contribution in [0.3, 0.4) is 0 Å². The van der Waals surface area contributed by atoms with Gasteiger partial charge in [0.15, 0.2) is 0 Å². The molecule has 3 aromatic rings. The van der Waals surface area contributed by atoms with Crippen LogP contribution in [-0.2, 0) is 6.42 Å². The van der Waals surface area contributed by atoms with Gasteiger partial charge in [0.1, 0.15) is 5.84 Å². The zero-order valence-corrected chi connectivity index (χ0v) is 16.0. The zero-order valence-electron chi connectivity index (χ0n) is 14.4. The molecule has 0 amide bonds. The summed E-state index contributed by atoms with van der Waals surface area (Å²) < 4.78 is 1.10. The number of rotatable bonds is 3. The van der Waals surface area contributed by atoms with Crippen molar-refractivity contribution in [2.24, 2.45) is 4.99 Å². The lowest BCUT2D eigenvalue weighted by Gasteiger charge is -2.11. The standard InChI is InChI=1S/C20H21BrN4/c1-25(2)10-9-22-19-12-16-15-11-13(21)7-8-18(15)24-20(16)14-5-3-4-6-17(14)23-19/h3-8,11,24H,9-10,12H2,1-2H3,(H,22,23). The number of hydrogen-bond acceptors (Lipinski definition) is 2. The Balaban J connectivity index is 1.85. The van der Waals surface area contributed by atoms with Gasteiger partial charge in [-0.05, 0) is 43.9 Å². The molecule has 4 nitrogen and oxygen atoms in total. The molecule has 0 saturated carbocycles. The Labute approximate surface area is 156 Å². The maximum absolute atomic E-state index is 4.83. The maximum Gasteiger partial charge on any atom is 0.105 e. The Morgan fingerprint density at radius 1 is 1.16 bits per heavy atom. The summed E-state index contributed by atoms with van der Waals surface area (Å²) in [6, 6.07) is 14.8. The number of H-pyrrole nitrogens is 1. The molecule has 0 fully saturated rings. The fraction of sp³-hybridized carbons (Fsp3) is 0.250. The number of halogens is 1. The smallest absolute Gasteiger partial charge is 0.105 e. The highest BCUT2D eigenvalue weighted by Crippen LogP contribution is 2.38. The predicted octanol–water partition coefficient (Wildman–Crippen LogP) is 4.53. The van der Waals surface area contributed by atoms with Crippen LogP contribution in [0.2, 0.25) is 0 Å². The van der Waals surface area contributed by atoms with Gasteiger partial charge in [-0.2, -0.15) is 0 Å². The van der Waals surface area contributed by atoms with Crippen molar-refractivity contribution in [3.63, 3.8) is 0 Å². The van der Waals surface area contributed by atoms with E-state index in [1.165, 1.54) is 22.2 Å². The average molecular weight is 397 g/mol. The summed E-state index contributed by atoms with van der Waals surface area (Å²) >= 11 is 3.60. The topological polar surface area (TPSA) is 43.4 Å². The van der Waals surface area contributed by atoms with Crippen LogP contribution in [0.15, 0.2) is 51.9 Å². The van der Waals surface area contributed by atoms with Crippen LogP contribution in [0.1, 0.15) is 5.56 Å². The van der Waals surface area contributed by atoms with Gasteiger partial charge in [0.2, 0.25) is 0 Å². The van der Waals surface area contributed by atoms with E-state index in [2.05, 4.69) is 87.7 Å². The summed E-state index contributed by atoms with van der Waals surface area (Å²) in [4.78, 5) is 10.6. The van der Waals surface area contributed by atoms with E-state index in [0.29, 0.717) is 0 Å². The third-order valence-electron chi connectivity index (χ3n) is 4.54. The molecule has 0 saturated heterocycles. The van der Waals surface area contributed by atoms with E-state index in [4.69, 9.17) is 4.99 Å². The lowest BCUT2D eigenvalue weighted by Crippen LogP contribution is -2.19. The third-order valence-corrected chi connectivity index (χ3v) is 5.03. The van der Waals surface area contributed by atoms with Gasteiger partial charge in [-0.1, -0.05) is 34.1 Å². The van der Waals surface area contributed by atoms with Crippen molar-refractivity contribution in [2.45, 2.75) is 6.42 Å². The first-order valence-electron chi connectivity index (χ1n) is 8.46. The second kappa shape index (κ2) is 6.65. The second-order valence-corrected chi connectivity index (χ2v) is 7.56. The van der Waals surface area contributed by atoms with Crippen LogP contribution in [0.25, 0.3) is 22.2 Å². The SMILES string of the molecule is CN(C)CCN=C1Cc2c([nH]c3ccc(Br)cc23)-c2ccccc2N1. The Kier molecular flexibility index (Phi) is 4.36. The van der Waals surface area contributed by atoms with Crippen LogP contribution in [0, 0.1) is 0 Å². The van der Waals surface area contributed by atoms with Crippen LogP contribution in [0.5, 0.6) is 0 Å². The fourth-order valence-corrected chi connectivity index (χ4v) is 3.65. The van der Waals surface area contributed by atoms with Crippen molar-refractivity contribution >= 4 is 38.4 Å². The molecule has 4 rings (SSSR count). The molecular formula is C20H21BrN4. The van der Waals surface area contributed by atoms with E-state index in [-0.39, 0.29) is 0 Å². The highest BCUT2D eigenvalue weighted by molar-refractivity contribution is 9.10. The summed E-state index contributed by atoms with van der Waals surface area (Å²) in [5, 5.41) is 4.80. The van der Waals surface area contributed by atoms with E-state index in [1.807, 2.05) is 0 Å². The minimum Gasteiger partial charge on any atom is -0.354 e. The first-order chi connectivity index (χ1) is 12.1. The lowest BCUT2D eigenvalue weighted by atomic mass is 10.0. The first-order valence-corrected chi connectivity index (χ1v) is 9.25. The largest absolute Gasteiger partial charge is 0.354 e. The first kappa shape index (κ1) is 16.4. The number of nitrogens with zero attached hydrogens (tertiary/aromatic N) is 2. The van der Waals surface area contributed by atoms with Gasteiger partial charge in [0.25, 0.3) is 0 Å². The molecule has 0 spiro atoms. The van der Waals surface area contributed by atoms with Gasteiger partial charge in [0.05, 0.1) is 12.2 Å². The predicted molar refractivity (Wildman–Crippen MR) is 110 cm³/mol. The molecule has 1 aliphatic rings. The molecule has 128 valence electrons. The van der Waals surface area contributed by atoms with Gasteiger partial charge in [-0.15, -0.1) is 0 Å². The molecule has 0 atom stereocenters. The Morgan fingerprint density at radius 2 is 2.00 bits per heavy atom. The molecule has 2 heterocycles. The van der Waals surface area contributed by atoms with Gasteiger partial charge in [-0.25, -0.2) is 0 Å². The minimum atomic E-state index is 0.791. The van der Waals surface area contributed by atoms with E-state index in [1.54, 1.807) is 0 Å². The normalized spacial score (nSPS) is 15.1. The second-order valence-electron chi connectivity index (χ2n) is 6.65. The average Bonchev–Trinajstić information content (AvgIpc) is 2.84. The number of aromatic nitrogens is 1. The van der Waals surface area contributed by atoms with Gasteiger partial charge in [-0.3, -0.25) is 4.99 Å². The van der Waals surface area contributed by atoms with Crippen molar-refractivity contribution in [3.8, 4) is 11.3 Å². The van der Waals surface area contributed by atoms with Crippen molar-refractivity contribution in [1.29, 1.82) is 0 Å². The molecule has 2 N–H and O–H groups in total. The number of amidine groups is 1. The number of para-hydroxylation sites is 1. The van der Waals surface area contributed by atoms with Crippen molar-refractivity contribution < 1.29 is 0 Å². The van der Waals surface area contributed by atoms with Crippen LogP contribution >= 0.6 is 15.9 Å². The summed E-state index contributed by atoms with van der Waals surface area (Å²) in [6.45, 7) is 1.73. The molecule has 1 aromatic heterocycles. The monoisotopic (exact) mass is 396 g/mol. The Hall–Kier alpha value is -2.11. The molecule has 1 aliphatic heterocycles. The van der Waals surface area contributed by atoms with Crippen molar-refractivity contribution in [3.05, 3.63) is 52.5 Å². The minimum absolute atomic E-state index is 0.791. The Morgan fingerprint density at radius 3 is 2.84 bits per heavy atom. The fourth-order valence-electron chi connectivity index (χ4n) is 3.29. The number of aromatic amines is 1. The molecule has 25 heavy (non-hydrogen) atoms. The zero-order chi connectivity index (χ0) is 17.4. The number of hydrogen-bond donors (Lipinski definition) is 2. The highest BCUT2D eigenvalue weighted by Gasteiger charge is 2.21. The number of likely N-dealkylation sites (N-methyl/N-ethyl adjacent to an activating group) is 1. The van der Waals surface area contributed by atoms with Crippen LogP contribution < -0.4 is 5.32 Å². The summed E-state index contributed by atoms with van der Waals surface area (Å²) in [5.41, 5.74) is 5.96. The van der Waals surface area contributed by atoms with Crippen LogP contribution in [-0.4, -0.2) is 42.9 Å². The molecule has 2 aromatic carbocycles. The molecule has 0 aliphatic carbocycles. The quantitative estimate of drug-likeness (QED) is 0.682. The third kappa shape index (κ3) is 3.22. The van der Waals surface area contributed by atoms with E-state index in [0.717, 1.165) is 41.0 Å². The molecule has 0 bridgehead atoms. The van der Waals surface area contributed by atoms with Gasteiger partial charge in [0, 0.05) is 39.6 Å². The Bertz CT molecular complexity index is 955. The van der Waals surface area contributed by atoms with E-state index >= 15 is 0 Å². The molecule has 0 radical (unpaired) electrons. The number of aliphatic imine (C=N–C) groups is 1. The molecular weight excluding hydrogens is 376 g/mol. The summed E-state index contributed by atoms with van der Waals surface area (Å²) in [7, 11) is 4.15. The lowest BCUT2D eigenvalue weighted by molar-refractivity contribution is 0.420. The number of benzene rings is 2. The molecule has 0 unspecified atom stereocenters. The van der Waals surface area contributed by atoms with Gasteiger partial charge < -0.3 is 15.2 Å². The number of nitrogens with one attached hydrogen (secondary N) is 2. The van der Waals surface area contributed by atoms with Crippen LogP contribution in [0.4, 0.5) is 5.69 Å². The number of anilines is 1. The highest BCUT2D eigenvalue weighted by atomic mass is 79.9.